The van der Waals surface area contributed by atoms with E-state index in [9.17, 15) is 14.4 Å². The second kappa shape index (κ2) is 9.60. The molecule has 1 aliphatic rings. The second-order valence-electron chi connectivity index (χ2n) is 6.66. The quantitative estimate of drug-likeness (QED) is 0.489. The van der Waals surface area contributed by atoms with Gasteiger partial charge in [-0.1, -0.05) is 18.2 Å². The Bertz CT molecular complexity index is 927. The number of hydrogen-bond donors (Lipinski definition) is 0. The van der Waals surface area contributed by atoms with E-state index in [4.69, 9.17) is 9.47 Å². The highest BCUT2D eigenvalue weighted by atomic mass is 32.2. The fraction of sp³-hybridized carbons (Fsp3) is 0.318. The molecule has 0 unspecified atom stereocenters. The molecule has 152 valence electrons. The maximum Gasteiger partial charge on any atom is 0.316 e. The first-order valence-electron chi connectivity index (χ1n) is 9.29. The monoisotopic (exact) mass is 413 g/mol. The van der Waals surface area contributed by atoms with Crippen molar-refractivity contribution in [3.63, 3.8) is 0 Å². The van der Waals surface area contributed by atoms with Crippen LogP contribution in [0.3, 0.4) is 0 Å². The van der Waals surface area contributed by atoms with Gasteiger partial charge in [0.15, 0.2) is 12.4 Å². The molecular formula is C22H23NO5S. The number of amides is 1. The van der Waals surface area contributed by atoms with Crippen LogP contribution >= 0.6 is 11.8 Å². The van der Waals surface area contributed by atoms with Crippen molar-refractivity contribution in [2.45, 2.75) is 19.1 Å². The minimum atomic E-state index is -0.447. The van der Waals surface area contributed by atoms with Gasteiger partial charge in [-0.2, -0.15) is 0 Å². The van der Waals surface area contributed by atoms with E-state index in [0.29, 0.717) is 23.6 Å². The highest BCUT2D eigenvalue weighted by molar-refractivity contribution is 7.99. The molecule has 0 spiro atoms. The molecule has 0 bridgehead atoms. The van der Waals surface area contributed by atoms with Crippen molar-refractivity contribution in [3.8, 4) is 5.75 Å². The number of carbonyl (C=O) groups is 3. The number of carbonyl (C=O) groups excluding carboxylic acids is 3. The third-order valence-electron chi connectivity index (χ3n) is 4.71. The van der Waals surface area contributed by atoms with Crippen LogP contribution in [-0.2, 0) is 26.5 Å². The van der Waals surface area contributed by atoms with Crippen LogP contribution in [0.25, 0.3) is 0 Å². The molecule has 1 amide bonds. The average molecular weight is 413 g/mol. The van der Waals surface area contributed by atoms with Crippen molar-refractivity contribution in [1.29, 1.82) is 0 Å². The molecular weight excluding hydrogens is 390 g/mol. The van der Waals surface area contributed by atoms with Crippen molar-refractivity contribution in [2.75, 3.05) is 30.9 Å². The number of Topliss-reactive ketones (excluding diaryl/α,β-unsaturated/α-hetero) is 1. The standard InChI is InChI=1S/C22H23NO5S/c1-15(24)17-7-8-20(27-2)18(11-17)13-29-14-22(26)28-12-21(25)23-10-9-16-5-3-4-6-19(16)23/h3-8,11H,9-10,12-14H2,1-2H3. The lowest BCUT2D eigenvalue weighted by molar-refractivity contribution is -0.145. The van der Waals surface area contributed by atoms with Crippen LogP contribution in [0.4, 0.5) is 5.69 Å². The predicted molar refractivity (Wildman–Crippen MR) is 113 cm³/mol. The highest BCUT2D eigenvalue weighted by Crippen LogP contribution is 2.27. The maximum absolute atomic E-state index is 12.4. The van der Waals surface area contributed by atoms with Crippen LogP contribution in [-0.4, -0.2) is 43.7 Å². The summed E-state index contributed by atoms with van der Waals surface area (Å²) in [7, 11) is 1.56. The lowest BCUT2D eigenvalue weighted by Gasteiger charge is -2.17. The summed E-state index contributed by atoms with van der Waals surface area (Å²) in [6.07, 6.45) is 0.812. The second-order valence-corrected chi connectivity index (χ2v) is 7.65. The largest absolute Gasteiger partial charge is 0.496 e. The molecule has 1 heterocycles. The van der Waals surface area contributed by atoms with Crippen molar-refractivity contribution < 1.29 is 23.9 Å². The Morgan fingerprint density at radius 1 is 1.14 bits per heavy atom. The maximum atomic E-state index is 12.4. The summed E-state index contributed by atoms with van der Waals surface area (Å²) in [4.78, 5) is 37.6. The number of anilines is 1. The normalized spacial score (nSPS) is 12.4. The van der Waals surface area contributed by atoms with Gasteiger partial charge >= 0.3 is 5.97 Å². The highest BCUT2D eigenvalue weighted by Gasteiger charge is 2.24. The molecule has 1 aliphatic heterocycles. The molecule has 0 saturated carbocycles. The predicted octanol–water partition coefficient (Wildman–Crippen LogP) is 3.26. The average Bonchev–Trinajstić information content (AvgIpc) is 3.16. The van der Waals surface area contributed by atoms with Crippen LogP contribution in [0.1, 0.15) is 28.4 Å². The van der Waals surface area contributed by atoms with Gasteiger partial charge in [0.05, 0.1) is 12.9 Å². The fourth-order valence-corrected chi connectivity index (χ4v) is 4.01. The van der Waals surface area contributed by atoms with E-state index in [-0.39, 0.29) is 24.1 Å². The van der Waals surface area contributed by atoms with Gasteiger partial charge in [0.2, 0.25) is 0 Å². The molecule has 0 fully saturated rings. The minimum Gasteiger partial charge on any atom is -0.496 e. The molecule has 6 nitrogen and oxygen atoms in total. The SMILES string of the molecule is COc1ccc(C(C)=O)cc1CSCC(=O)OCC(=O)N1CCc2ccccc21. The molecule has 0 saturated heterocycles. The Labute approximate surface area is 174 Å². The van der Waals surface area contributed by atoms with E-state index < -0.39 is 5.97 Å². The van der Waals surface area contributed by atoms with Crippen LogP contribution in [0.5, 0.6) is 5.75 Å². The number of ether oxygens (including phenoxy) is 2. The van der Waals surface area contributed by atoms with E-state index in [1.807, 2.05) is 24.3 Å². The third kappa shape index (κ3) is 5.17. The molecule has 2 aromatic carbocycles. The van der Waals surface area contributed by atoms with Gasteiger partial charge in [-0.25, -0.2) is 0 Å². The Hall–Kier alpha value is -2.80. The summed E-state index contributed by atoms with van der Waals surface area (Å²) in [5.74, 6) is 0.574. The summed E-state index contributed by atoms with van der Waals surface area (Å²) in [5.41, 5.74) is 3.45. The molecule has 29 heavy (non-hydrogen) atoms. The van der Waals surface area contributed by atoms with Gasteiger partial charge in [0.1, 0.15) is 5.75 Å². The Balaban J connectivity index is 1.47. The number of thioether (sulfide) groups is 1. The van der Waals surface area contributed by atoms with Crippen molar-refractivity contribution in [1.82, 2.24) is 0 Å². The number of para-hydroxylation sites is 1. The Morgan fingerprint density at radius 2 is 1.93 bits per heavy atom. The molecule has 3 rings (SSSR count). The van der Waals surface area contributed by atoms with E-state index in [0.717, 1.165) is 23.2 Å². The zero-order valence-corrected chi connectivity index (χ0v) is 17.3. The topological polar surface area (TPSA) is 72.9 Å². The summed E-state index contributed by atoms with van der Waals surface area (Å²) in [6.45, 7) is 1.85. The zero-order chi connectivity index (χ0) is 20.8. The van der Waals surface area contributed by atoms with Crippen LogP contribution in [0, 0.1) is 0 Å². The minimum absolute atomic E-state index is 0.0275. The summed E-state index contributed by atoms with van der Waals surface area (Å²) in [5, 5.41) is 0. The summed E-state index contributed by atoms with van der Waals surface area (Å²) < 4.78 is 10.5. The molecule has 0 radical (unpaired) electrons. The van der Waals surface area contributed by atoms with Crippen molar-refractivity contribution >= 4 is 35.1 Å². The number of fused-ring (bicyclic) bond motifs is 1. The number of hydrogen-bond acceptors (Lipinski definition) is 6. The van der Waals surface area contributed by atoms with E-state index in [1.54, 1.807) is 30.2 Å². The number of rotatable bonds is 8. The number of methoxy groups -OCH3 is 1. The molecule has 2 aromatic rings. The number of nitrogens with zero attached hydrogens (tertiary/aromatic N) is 1. The first kappa shape index (κ1) is 20.9. The molecule has 7 heteroatoms. The first-order valence-corrected chi connectivity index (χ1v) is 10.4. The van der Waals surface area contributed by atoms with Gasteiger partial charge in [0, 0.05) is 29.1 Å². The Morgan fingerprint density at radius 3 is 2.69 bits per heavy atom. The number of ketones is 1. The first-order chi connectivity index (χ1) is 14.0. The van der Waals surface area contributed by atoms with Gasteiger partial charge in [0.25, 0.3) is 5.91 Å². The van der Waals surface area contributed by atoms with Crippen LogP contribution in [0.15, 0.2) is 42.5 Å². The zero-order valence-electron chi connectivity index (χ0n) is 16.5. The smallest absolute Gasteiger partial charge is 0.316 e. The van der Waals surface area contributed by atoms with E-state index in [1.165, 1.54) is 18.7 Å². The van der Waals surface area contributed by atoms with E-state index in [2.05, 4.69) is 0 Å². The van der Waals surface area contributed by atoms with Crippen molar-refractivity contribution in [3.05, 3.63) is 59.2 Å². The summed E-state index contributed by atoms with van der Waals surface area (Å²) >= 11 is 1.35. The Kier molecular flexibility index (Phi) is 6.93. The lowest BCUT2D eigenvalue weighted by atomic mass is 10.1. The molecule has 0 N–H and O–H groups in total. The summed E-state index contributed by atoms with van der Waals surface area (Å²) in [6, 6.07) is 13.0. The molecule has 0 aromatic heterocycles. The van der Waals surface area contributed by atoms with Crippen molar-refractivity contribution in [2.24, 2.45) is 0 Å². The third-order valence-corrected chi connectivity index (χ3v) is 5.66. The van der Waals surface area contributed by atoms with Gasteiger partial charge < -0.3 is 14.4 Å². The van der Waals surface area contributed by atoms with Crippen LogP contribution in [0.2, 0.25) is 0 Å². The fourth-order valence-electron chi connectivity index (χ4n) is 3.21. The number of esters is 1. The van der Waals surface area contributed by atoms with Gasteiger partial charge in [-0.05, 0) is 43.2 Å². The number of benzene rings is 2. The molecule has 0 aliphatic carbocycles. The van der Waals surface area contributed by atoms with Gasteiger partial charge in [-0.3, -0.25) is 14.4 Å². The molecule has 0 atom stereocenters. The van der Waals surface area contributed by atoms with Gasteiger partial charge in [-0.15, -0.1) is 11.8 Å². The van der Waals surface area contributed by atoms with Crippen LogP contribution < -0.4 is 9.64 Å². The van der Waals surface area contributed by atoms with E-state index >= 15 is 0 Å². The lowest BCUT2D eigenvalue weighted by Crippen LogP contribution is -2.33.